The van der Waals surface area contributed by atoms with Crippen LogP contribution in [0.5, 0.6) is 0 Å². The van der Waals surface area contributed by atoms with Gasteiger partial charge < -0.3 is 0 Å². The standard InChI is InChI=1S/C8H18O2/c1-7(2)4-5-8(3)6-10-9/h7-9H,4-6H2,1-3H3. The number of hydrogen-bond acceptors (Lipinski definition) is 2. The molecule has 0 fully saturated rings. The maximum Gasteiger partial charge on any atom is 0.0845 e. The Morgan fingerprint density at radius 1 is 1.20 bits per heavy atom. The third-order valence-corrected chi connectivity index (χ3v) is 1.60. The molecule has 0 heterocycles. The molecule has 0 aliphatic rings. The van der Waals surface area contributed by atoms with Gasteiger partial charge >= 0.3 is 0 Å². The van der Waals surface area contributed by atoms with Crippen LogP contribution in [0.3, 0.4) is 0 Å². The summed E-state index contributed by atoms with van der Waals surface area (Å²) in [5.74, 6) is 1.23. The predicted molar refractivity (Wildman–Crippen MR) is 41.8 cm³/mol. The topological polar surface area (TPSA) is 29.5 Å². The van der Waals surface area contributed by atoms with Crippen LogP contribution < -0.4 is 0 Å². The second kappa shape index (κ2) is 5.69. The summed E-state index contributed by atoms with van der Waals surface area (Å²) in [5, 5.41) is 8.10. The average molecular weight is 146 g/mol. The molecule has 1 N–H and O–H groups in total. The maximum atomic E-state index is 8.10. The molecular weight excluding hydrogens is 128 g/mol. The summed E-state index contributed by atoms with van der Waals surface area (Å²) >= 11 is 0. The van der Waals surface area contributed by atoms with Crippen molar-refractivity contribution in [1.82, 2.24) is 0 Å². The highest BCUT2D eigenvalue weighted by molar-refractivity contribution is 4.52. The van der Waals surface area contributed by atoms with Crippen LogP contribution in [0.15, 0.2) is 0 Å². The first kappa shape index (κ1) is 9.92. The summed E-state index contributed by atoms with van der Waals surface area (Å²) < 4.78 is 0. The van der Waals surface area contributed by atoms with E-state index in [-0.39, 0.29) is 0 Å². The van der Waals surface area contributed by atoms with E-state index >= 15 is 0 Å². The highest BCUT2D eigenvalue weighted by Crippen LogP contribution is 2.11. The molecule has 0 aliphatic heterocycles. The highest BCUT2D eigenvalue weighted by Gasteiger charge is 2.02. The molecule has 0 aromatic rings. The van der Waals surface area contributed by atoms with Crippen LogP contribution in [0.2, 0.25) is 0 Å². The van der Waals surface area contributed by atoms with Crippen LogP contribution in [-0.4, -0.2) is 11.9 Å². The van der Waals surface area contributed by atoms with Gasteiger partial charge in [0.1, 0.15) is 0 Å². The van der Waals surface area contributed by atoms with Crippen LogP contribution in [0.4, 0.5) is 0 Å². The molecule has 2 heteroatoms. The zero-order valence-corrected chi connectivity index (χ0v) is 7.13. The molecule has 10 heavy (non-hydrogen) atoms. The summed E-state index contributed by atoms with van der Waals surface area (Å²) in [6, 6.07) is 0. The third-order valence-electron chi connectivity index (χ3n) is 1.60. The molecule has 0 radical (unpaired) electrons. The first-order chi connectivity index (χ1) is 4.66. The minimum atomic E-state index is 0.465. The quantitative estimate of drug-likeness (QED) is 0.477. The maximum absolute atomic E-state index is 8.10. The zero-order chi connectivity index (χ0) is 7.98. The second-order valence-electron chi connectivity index (χ2n) is 3.37. The Morgan fingerprint density at radius 3 is 2.20 bits per heavy atom. The molecular formula is C8H18O2. The fourth-order valence-electron chi connectivity index (χ4n) is 0.828. The van der Waals surface area contributed by atoms with Gasteiger partial charge in [0, 0.05) is 0 Å². The Kier molecular flexibility index (Phi) is 5.64. The van der Waals surface area contributed by atoms with Crippen LogP contribution in [-0.2, 0) is 4.89 Å². The molecule has 0 aromatic carbocycles. The molecule has 1 unspecified atom stereocenters. The van der Waals surface area contributed by atoms with Gasteiger partial charge in [0.15, 0.2) is 0 Å². The van der Waals surface area contributed by atoms with Gasteiger partial charge in [0.2, 0.25) is 0 Å². The van der Waals surface area contributed by atoms with Crippen molar-refractivity contribution in [2.24, 2.45) is 11.8 Å². The molecule has 0 saturated carbocycles. The van der Waals surface area contributed by atoms with Gasteiger partial charge in [-0.2, -0.15) is 0 Å². The normalized spacial score (nSPS) is 14.1. The summed E-state index contributed by atoms with van der Waals surface area (Å²) in [6.45, 7) is 6.95. The first-order valence-corrected chi connectivity index (χ1v) is 3.93. The SMILES string of the molecule is CC(C)CCC(C)COO. The van der Waals surface area contributed by atoms with Gasteiger partial charge in [-0.15, -0.1) is 0 Å². The summed E-state index contributed by atoms with van der Waals surface area (Å²) in [7, 11) is 0. The van der Waals surface area contributed by atoms with E-state index < -0.39 is 0 Å². The number of rotatable bonds is 5. The summed E-state index contributed by atoms with van der Waals surface area (Å²) in [4.78, 5) is 4.04. The molecule has 0 saturated heterocycles. The zero-order valence-electron chi connectivity index (χ0n) is 7.13. The molecule has 0 aromatic heterocycles. The van der Waals surface area contributed by atoms with E-state index in [1.807, 2.05) is 0 Å². The van der Waals surface area contributed by atoms with Crippen molar-refractivity contribution in [3.8, 4) is 0 Å². The predicted octanol–water partition coefficient (Wildman–Crippen LogP) is 2.55. The molecule has 0 aliphatic carbocycles. The van der Waals surface area contributed by atoms with Crippen LogP contribution in [0.1, 0.15) is 33.6 Å². The molecule has 0 amide bonds. The van der Waals surface area contributed by atoms with E-state index in [0.29, 0.717) is 12.5 Å². The monoisotopic (exact) mass is 146 g/mol. The second-order valence-corrected chi connectivity index (χ2v) is 3.37. The lowest BCUT2D eigenvalue weighted by molar-refractivity contribution is -0.250. The van der Waals surface area contributed by atoms with E-state index in [2.05, 4.69) is 25.7 Å². The molecule has 62 valence electrons. The van der Waals surface area contributed by atoms with Crippen LogP contribution in [0.25, 0.3) is 0 Å². The number of hydrogen-bond donors (Lipinski definition) is 1. The Bertz CT molecular complexity index is 71.7. The average Bonchev–Trinajstić information content (AvgIpc) is 1.85. The van der Waals surface area contributed by atoms with Crippen molar-refractivity contribution in [1.29, 1.82) is 0 Å². The fourth-order valence-corrected chi connectivity index (χ4v) is 0.828. The molecule has 1 atom stereocenters. The van der Waals surface area contributed by atoms with Gasteiger partial charge in [-0.3, -0.25) is 5.26 Å². The minimum Gasteiger partial charge on any atom is -0.252 e. The lowest BCUT2D eigenvalue weighted by Crippen LogP contribution is -2.04. The van der Waals surface area contributed by atoms with Crippen molar-refractivity contribution in [3.05, 3.63) is 0 Å². The highest BCUT2D eigenvalue weighted by atomic mass is 17.1. The van der Waals surface area contributed by atoms with Gasteiger partial charge in [-0.1, -0.05) is 27.2 Å². The van der Waals surface area contributed by atoms with Gasteiger partial charge in [0.25, 0.3) is 0 Å². The van der Waals surface area contributed by atoms with Crippen molar-refractivity contribution in [3.63, 3.8) is 0 Å². The van der Waals surface area contributed by atoms with E-state index in [4.69, 9.17) is 5.26 Å². The lowest BCUT2D eigenvalue weighted by Gasteiger charge is -2.09. The molecule has 0 bridgehead atoms. The van der Waals surface area contributed by atoms with Gasteiger partial charge in [0.05, 0.1) is 6.61 Å². The Morgan fingerprint density at radius 2 is 1.80 bits per heavy atom. The van der Waals surface area contributed by atoms with E-state index in [1.165, 1.54) is 6.42 Å². The van der Waals surface area contributed by atoms with Crippen LogP contribution >= 0.6 is 0 Å². The first-order valence-electron chi connectivity index (χ1n) is 3.93. The Hall–Kier alpha value is -0.0800. The largest absolute Gasteiger partial charge is 0.252 e. The van der Waals surface area contributed by atoms with E-state index in [9.17, 15) is 0 Å². The van der Waals surface area contributed by atoms with Gasteiger partial charge in [-0.25, -0.2) is 4.89 Å². The Balaban J connectivity index is 3.12. The summed E-state index contributed by atoms with van der Waals surface area (Å²) in [5.41, 5.74) is 0. The van der Waals surface area contributed by atoms with Crippen molar-refractivity contribution in [2.45, 2.75) is 33.6 Å². The van der Waals surface area contributed by atoms with Crippen molar-refractivity contribution >= 4 is 0 Å². The molecule has 0 spiro atoms. The van der Waals surface area contributed by atoms with E-state index in [1.54, 1.807) is 0 Å². The third kappa shape index (κ3) is 6.05. The lowest BCUT2D eigenvalue weighted by atomic mass is 10.0. The van der Waals surface area contributed by atoms with Crippen molar-refractivity contribution in [2.75, 3.05) is 6.61 Å². The fraction of sp³-hybridized carbons (Fsp3) is 1.00. The van der Waals surface area contributed by atoms with Gasteiger partial charge in [-0.05, 0) is 18.3 Å². The summed E-state index contributed by atoms with van der Waals surface area (Å²) in [6.07, 6.45) is 2.35. The smallest absolute Gasteiger partial charge is 0.0845 e. The van der Waals surface area contributed by atoms with Crippen LogP contribution in [0, 0.1) is 11.8 Å². The van der Waals surface area contributed by atoms with Crippen molar-refractivity contribution < 1.29 is 10.1 Å². The van der Waals surface area contributed by atoms with E-state index in [0.717, 1.165) is 12.3 Å². The molecule has 2 nitrogen and oxygen atoms in total. The molecule has 0 rings (SSSR count). The minimum absolute atomic E-state index is 0.465. The Labute approximate surface area is 63.1 Å².